The molecule has 4 rings (SSSR count). The standard InChI is InChI=1S/C17H22N6OS.ClH/c24-16(13-3-4-15(22-21-13)23-9-1-2-10-23)20-17-19-11-14(25-17)12-5-7-18-8-6-12;/h3-4,11-12,18H,1-2,5-10H2,(H,19,20,24);1H. The number of nitrogens with zero attached hydrogens (tertiary/aromatic N) is 4. The van der Waals surface area contributed by atoms with Crippen molar-refractivity contribution in [1.29, 1.82) is 0 Å². The highest BCUT2D eigenvalue weighted by Gasteiger charge is 2.19. The molecule has 2 N–H and O–H groups in total. The van der Waals surface area contributed by atoms with E-state index in [-0.39, 0.29) is 18.3 Å². The second-order valence-electron chi connectivity index (χ2n) is 6.52. The smallest absolute Gasteiger partial charge is 0.277 e. The lowest BCUT2D eigenvalue weighted by atomic mass is 9.97. The zero-order valence-electron chi connectivity index (χ0n) is 14.5. The summed E-state index contributed by atoms with van der Waals surface area (Å²) in [6.07, 6.45) is 6.51. The summed E-state index contributed by atoms with van der Waals surface area (Å²) in [6.45, 7) is 4.12. The number of aromatic nitrogens is 3. The van der Waals surface area contributed by atoms with E-state index >= 15 is 0 Å². The molecule has 0 bridgehead atoms. The largest absolute Gasteiger partial charge is 0.355 e. The highest BCUT2D eigenvalue weighted by atomic mass is 35.5. The van der Waals surface area contributed by atoms with Crippen LogP contribution in [-0.4, -0.2) is 47.3 Å². The first-order chi connectivity index (χ1) is 12.3. The number of amides is 1. The van der Waals surface area contributed by atoms with Crippen molar-refractivity contribution in [2.75, 3.05) is 36.4 Å². The fraction of sp³-hybridized carbons (Fsp3) is 0.529. The Kier molecular flexibility index (Phi) is 6.39. The quantitative estimate of drug-likeness (QED) is 0.829. The van der Waals surface area contributed by atoms with Crippen molar-refractivity contribution >= 4 is 40.6 Å². The van der Waals surface area contributed by atoms with Crippen LogP contribution in [0.5, 0.6) is 0 Å². The van der Waals surface area contributed by atoms with Gasteiger partial charge >= 0.3 is 0 Å². The molecule has 2 fully saturated rings. The molecule has 0 radical (unpaired) electrons. The van der Waals surface area contributed by atoms with Crippen LogP contribution >= 0.6 is 23.7 Å². The number of hydrogen-bond acceptors (Lipinski definition) is 7. The van der Waals surface area contributed by atoms with Gasteiger partial charge in [0.05, 0.1) is 0 Å². The molecule has 26 heavy (non-hydrogen) atoms. The number of nitrogens with one attached hydrogen (secondary N) is 2. The Morgan fingerprint density at radius 3 is 2.65 bits per heavy atom. The van der Waals surface area contributed by atoms with Gasteiger partial charge in [0.15, 0.2) is 16.6 Å². The minimum atomic E-state index is -0.258. The first-order valence-electron chi connectivity index (χ1n) is 8.86. The fourth-order valence-corrected chi connectivity index (χ4v) is 4.34. The third kappa shape index (κ3) is 4.31. The minimum absolute atomic E-state index is 0. The van der Waals surface area contributed by atoms with Crippen LogP contribution in [0.3, 0.4) is 0 Å². The number of halogens is 1. The highest BCUT2D eigenvalue weighted by molar-refractivity contribution is 7.15. The summed E-state index contributed by atoms with van der Waals surface area (Å²) in [6, 6.07) is 3.60. The molecule has 7 nitrogen and oxygen atoms in total. The Morgan fingerprint density at radius 2 is 1.96 bits per heavy atom. The van der Waals surface area contributed by atoms with Gasteiger partial charge in [0, 0.05) is 24.2 Å². The highest BCUT2D eigenvalue weighted by Crippen LogP contribution is 2.31. The Morgan fingerprint density at radius 1 is 1.19 bits per heavy atom. The van der Waals surface area contributed by atoms with Crippen molar-refractivity contribution < 1.29 is 4.79 Å². The summed E-state index contributed by atoms with van der Waals surface area (Å²) in [5, 5.41) is 15.1. The van der Waals surface area contributed by atoms with Gasteiger partial charge in [-0.3, -0.25) is 10.1 Å². The number of carbonyl (C=O) groups excluding carboxylic acids is 1. The second-order valence-corrected chi connectivity index (χ2v) is 7.58. The van der Waals surface area contributed by atoms with Crippen LogP contribution in [-0.2, 0) is 0 Å². The minimum Gasteiger partial charge on any atom is -0.355 e. The van der Waals surface area contributed by atoms with E-state index in [1.54, 1.807) is 17.4 Å². The van der Waals surface area contributed by atoms with Gasteiger partial charge in [0.25, 0.3) is 5.91 Å². The molecule has 0 aliphatic carbocycles. The molecule has 2 aromatic heterocycles. The van der Waals surface area contributed by atoms with Crippen molar-refractivity contribution in [2.24, 2.45) is 0 Å². The number of anilines is 2. The number of piperidine rings is 1. The van der Waals surface area contributed by atoms with Gasteiger partial charge in [0.2, 0.25) is 0 Å². The van der Waals surface area contributed by atoms with Crippen molar-refractivity contribution in [2.45, 2.75) is 31.6 Å². The topological polar surface area (TPSA) is 83.0 Å². The van der Waals surface area contributed by atoms with Crippen LogP contribution in [0.4, 0.5) is 10.9 Å². The average molecular weight is 395 g/mol. The van der Waals surface area contributed by atoms with E-state index in [4.69, 9.17) is 0 Å². The third-order valence-corrected chi connectivity index (χ3v) is 5.87. The molecule has 2 aliphatic rings. The van der Waals surface area contributed by atoms with Gasteiger partial charge < -0.3 is 10.2 Å². The predicted molar refractivity (Wildman–Crippen MR) is 106 cm³/mol. The lowest BCUT2D eigenvalue weighted by molar-refractivity contribution is 0.102. The molecule has 140 valence electrons. The molecular weight excluding hydrogens is 372 g/mol. The average Bonchev–Trinajstić information content (AvgIpc) is 3.35. The third-order valence-electron chi connectivity index (χ3n) is 4.80. The number of carbonyl (C=O) groups is 1. The van der Waals surface area contributed by atoms with Crippen LogP contribution in [0.15, 0.2) is 18.3 Å². The van der Waals surface area contributed by atoms with Crippen LogP contribution in [0.1, 0.15) is 47.0 Å². The zero-order chi connectivity index (χ0) is 17.1. The Balaban J connectivity index is 0.00000196. The van der Waals surface area contributed by atoms with Crippen LogP contribution in [0, 0.1) is 0 Å². The van der Waals surface area contributed by atoms with Crippen LogP contribution < -0.4 is 15.5 Å². The summed E-state index contributed by atoms with van der Waals surface area (Å²) >= 11 is 1.56. The van der Waals surface area contributed by atoms with E-state index in [0.717, 1.165) is 44.8 Å². The number of thiazole rings is 1. The molecule has 4 heterocycles. The summed E-state index contributed by atoms with van der Waals surface area (Å²) in [5.74, 6) is 1.13. The summed E-state index contributed by atoms with van der Waals surface area (Å²) < 4.78 is 0. The Bertz CT molecular complexity index is 725. The van der Waals surface area contributed by atoms with Crippen molar-refractivity contribution in [3.63, 3.8) is 0 Å². The number of hydrogen-bond donors (Lipinski definition) is 2. The molecule has 0 atom stereocenters. The molecule has 9 heteroatoms. The molecule has 1 amide bonds. The molecule has 2 aliphatic heterocycles. The van der Waals surface area contributed by atoms with E-state index in [9.17, 15) is 4.79 Å². The maximum Gasteiger partial charge on any atom is 0.277 e. The molecule has 2 saturated heterocycles. The normalized spacial score (nSPS) is 17.8. The van der Waals surface area contributed by atoms with Crippen molar-refractivity contribution in [3.05, 3.63) is 28.9 Å². The molecule has 2 aromatic rings. The van der Waals surface area contributed by atoms with Crippen molar-refractivity contribution in [3.8, 4) is 0 Å². The van der Waals surface area contributed by atoms with E-state index in [0.29, 0.717) is 16.7 Å². The lowest BCUT2D eigenvalue weighted by Gasteiger charge is -2.20. The maximum atomic E-state index is 12.4. The zero-order valence-corrected chi connectivity index (χ0v) is 16.1. The number of rotatable bonds is 4. The van der Waals surface area contributed by atoms with Crippen molar-refractivity contribution in [1.82, 2.24) is 20.5 Å². The van der Waals surface area contributed by atoms with Gasteiger partial charge in [-0.2, -0.15) is 0 Å². The maximum absolute atomic E-state index is 12.4. The SMILES string of the molecule is Cl.O=C(Nc1ncc(C2CCNCC2)s1)c1ccc(N2CCCC2)nn1. The first kappa shape index (κ1) is 19.0. The van der Waals surface area contributed by atoms with Gasteiger partial charge in [-0.05, 0) is 56.8 Å². The summed E-state index contributed by atoms with van der Waals surface area (Å²) in [7, 11) is 0. The predicted octanol–water partition coefficient (Wildman–Crippen LogP) is 2.67. The van der Waals surface area contributed by atoms with E-state index in [1.807, 2.05) is 12.3 Å². The Hall–Kier alpha value is -1.77. The summed E-state index contributed by atoms with van der Waals surface area (Å²) in [4.78, 5) is 20.1. The Labute approximate surface area is 163 Å². The molecule has 0 unspecified atom stereocenters. The van der Waals surface area contributed by atoms with Gasteiger partial charge in [-0.1, -0.05) is 0 Å². The molecule has 0 saturated carbocycles. The lowest BCUT2D eigenvalue weighted by Crippen LogP contribution is -2.26. The van der Waals surface area contributed by atoms with Gasteiger partial charge in [0.1, 0.15) is 0 Å². The molecular formula is C17H23ClN6OS. The van der Waals surface area contributed by atoms with Gasteiger partial charge in [-0.25, -0.2) is 4.98 Å². The van der Waals surface area contributed by atoms with E-state index < -0.39 is 0 Å². The summed E-state index contributed by atoms with van der Waals surface area (Å²) in [5.41, 5.74) is 0.321. The molecule has 0 spiro atoms. The van der Waals surface area contributed by atoms with Gasteiger partial charge in [-0.15, -0.1) is 33.9 Å². The second kappa shape index (κ2) is 8.75. The van der Waals surface area contributed by atoms with E-state index in [1.165, 1.54) is 17.7 Å². The monoisotopic (exact) mass is 394 g/mol. The van der Waals surface area contributed by atoms with E-state index in [2.05, 4.69) is 30.7 Å². The van der Waals surface area contributed by atoms with Crippen LogP contribution in [0.2, 0.25) is 0 Å². The fourth-order valence-electron chi connectivity index (χ4n) is 3.36. The molecule has 0 aromatic carbocycles. The first-order valence-corrected chi connectivity index (χ1v) is 9.68. The van der Waals surface area contributed by atoms with Crippen LogP contribution in [0.25, 0.3) is 0 Å².